The lowest BCUT2D eigenvalue weighted by molar-refractivity contribution is -0.284. The Morgan fingerprint density at radius 2 is 1.64 bits per heavy atom. The van der Waals surface area contributed by atoms with E-state index < -0.39 is 11.7 Å². The molecule has 2 N–H and O–H groups in total. The molecule has 3 rings (SSSR count). The number of rotatable bonds is 8. The highest BCUT2D eigenvalue weighted by Gasteiger charge is 2.53. The maximum atomic E-state index is 10.7. The van der Waals surface area contributed by atoms with Crippen molar-refractivity contribution in [3.05, 3.63) is 23.3 Å². The summed E-state index contributed by atoms with van der Waals surface area (Å²) in [5.74, 6) is 0. The molecule has 0 aromatic carbocycles. The molecule has 8 atom stereocenters. The summed E-state index contributed by atoms with van der Waals surface area (Å²) in [5, 5.41) is 21.4. The minimum absolute atomic E-state index is 0.0174. The minimum Gasteiger partial charge on any atom is -0.390 e. The summed E-state index contributed by atoms with van der Waals surface area (Å²) < 4.78 is 20.0. The zero-order valence-corrected chi connectivity index (χ0v) is 25.5. The smallest absolute Gasteiger partial charge is 0.0924 e. The number of ether oxygens (including phenoxy) is 3. The average Bonchev–Trinajstić information content (AvgIpc) is 2.78. The Kier molecular flexibility index (Phi) is 9.66. The second-order valence-corrected chi connectivity index (χ2v) is 14.2. The molecule has 3 heterocycles. The van der Waals surface area contributed by atoms with Crippen LogP contribution in [-0.4, -0.2) is 61.9 Å². The van der Waals surface area contributed by atoms with Crippen LogP contribution < -0.4 is 0 Å². The van der Waals surface area contributed by atoms with Crippen molar-refractivity contribution in [1.82, 2.24) is 0 Å². The highest BCUT2D eigenvalue weighted by atomic mass is 79.9. The molecule has 3 aliphatic heterocycles. The molecule has 6 heteroatoms. The summed E-state index contributed by atoms with van der Waals surface area (Å²) in [6, 6.07) is 0. The van der Waals surface area contributed by atoms with Crippen molar-refractivity contribution in [2.45, 2.75) is 165 Å². The molecule has 0 spiro atoms. The van der Waals surface area contributed by atoms with E-state index in [1.807, 2.05) is 13.8 Å². The Morgan fingerprint density at radius 3 is 2.28 bits per heavy atom. The second kappa shape index (κ2) is 11.5. The minimum atomic E-state index is -1.11. The third-order valence-corrected chi connectivity index (χ3v) is 10.5. The number of alkyl halides is 1. The van der Waals surface area contributed by atoms with Crippen molar-refractivity contribution in [2.75, 3.05) is 0 Å². The number of hydrogen-bond donors (Lipinski definition) is 2. The van der Waals surface area contributed by atoms with Gasteiger partial charge in [-0.1, -0.05) is 33.7 Å². The maximum Gasteiger partial charge on any atom is 0.0924 e. The Balaban J connectivity index is 1.57. The molecule has 0 saturated carbocycles. The number of aliphatic hydroxyl groups is 2. The van der Waals surface area contributed by atoms with Crippen LogP contribution in [0.25, 0.3) is 0 Å². The van der Waals surface area contributed by atoms with E-state index in [1.165, 1.54) is 5.57 Å². The number of aliphatic hydroxyl groups excluding tert-OH is 1. The summed E-state index contributed by atoms with van der Waals surface area (Å²) in [7, 11) is 0. The third-order valence-electron chi connectivity index (χ3n) is 8.93. The van der Waals surface area contributed by atoms with E-state index in [4.69, 9.17) is 14.2 Å². The van der Waals surface area contributed by atoms with Gasteiger partial charge in [0.05, 0.1) is 46.8 Å². The molecular formula is C30H51BrO5. The molecule has 3 saturated heterocycles. The monoisotopic (exact) mass is 570 g/mol. The Hall–Kier alpha value is -0.240. The lowest BCUT2D eigenvalue weighted by atomic mass is 9.76. The van der Waals surface area contributed by atoms with Crippen molar-refractivity contribution in [2.24, 2.45) is 0 Å². The first-order chi connectivity index (χ1) is 16.6. The second-order valence-electron chi connectivity index (χ2n) is 13.0. The van der Waals surface area contributed by atoms with E-state index in [0.717, 1.165) is 50.5 Å². The van der Waals surface area contributed by atoms with Crippen molar-refractivity contribution in [3.63, 3.8) is 0 Å². The van der Waals surface area contributed by atoms with Gasteiger partial charge in [0.2, 0.25) is 0 Å². The van der Waals surface area contributed by atoms with Gasteiger partial charge in [-0.3, -0.25) is 0 Å². The largest absolute Gasteiger partial charge is 0.390 e. The fourth-order valence-electron chi connectivity index (χ4n) is 6.16. The van der Waals surface area contributed by atoms with Gasteiger partial charge in [0, 0.05) is 4.83 Å². The lowest BCUT2D eigenvalue weighted by Crippen LogP contribution is -2.62. The fourth-order valence-corrected chi connectivity index (χ4v) is 6.48. The van der Waals surface area contributed by atoms with Crippen LogP contribution in [0.4, 0.5) is 0 Å². The van der Waals surface area contributed by atoms with Gasteiger partial charge in [-0.05, 0) is 119 Å². The molecule has 0 unspecified atom stereocenters. The number of hydrogen-bond acceptors (Lipinski definition) is 5. The van der Waals surface area contributed by atoms with Crippen LogP contribution in [0, 0.1) is 0 Å². The van der Waals surface area contributed by atoms with Crippen LogP contribution in [0.5, 0.6) is 0 Å². The highest BCUT2D eigenvalue weighted by Crippen LogP contribution is 2.48. The van der Waals surface area contributed by atoms with Crippen LogP contribution >= 0.6 is 15.9 Å². The van der Waals surface area contributed by atoms with Gasteiger partial charge in [0.1, 0.15) is 0 Å². The van der Waals surface area contributed by atoms with Gasteiger partial charge >= 0.3 is 0 Å². The first kappa shape index (κ1) is 30.3. The molecule has 3 fully saturated rings. The first-order valence-corrected chi connectivity index (χ1v) is 14.9. The van der Waals surface area contributed by atoms with E-state index in [-0.39, 0.29) is 35.1 Å². The molecule has 3 aliphatic rings. The van der Waals surface area contributed by atoms with E-state index in [9.17, 15) is 10.2 Å². The van der Waals surface area contributed by atoms with Crippen LogP contribution in [0.15, 0.2) is 23.3 Å². The quantitative estimate of drug-likeness (QED) is 0.248. The standard InChI is InChI=1S/C30H51BrO5/c1-20(2)10-9-17-28(6,33)24(32)13-11-21(3)22-12-14-25-29(7,35-22)19-16-26(34-25)30(8)18-15-23(31)27(4,5)36-30/h10-11,22-26,32-33H,9,12-19H2,1-8H3/b21-11+/t22-,23-,24+,25-,26-,28-,29+,30+/m1/s1. The Bertz CT molecular complexity index is 816. The maximum absolute atomic E-state index is 10.7. The van der Waals surface area contributed by atoms with Gasteiger partial charge < -0.3 is 24.4 Å². The first-order valence-electron chi connectivity index (χ1n) is 14.0. The van der Waals surface area contributed by atoms with Crippen LogP contribution in [0.2, 0.25) is 0 Å². The fraction of sp³-hybridized carbons (Fsp3) is 0.867. The molecule has 0 bridgehead atoms. The summed E-state index contributed by atoms with van der Waals surface area (Å²) >= 11 is 3.79. The Labute approximate surface area is 228 Å². The molecule has 5 nitrogen and oxygen atoms in total. The van der Waals surface area contributed by atoms with Crippen LogP contribution in [-0.2, 0) is 14.2 Å². The van der Waals surface area contributed by atoms with Crippen LogP contribution in [0.1, 0.15) is 113 Å². The van der Waals surface area contributed by atoms with Crippen molar-refractivity contribution < 1.29 is 24.4 Å². The lowest BCUT2D eigenvalue weighted by Gasteiger charge is -2.55. The third kappa shape index (κ3) is 7.04. The summed E-state index contributed by atoms with van der Waals surface area (Å²) in [5.41, 5.74) is 0.437. The topological polar surface area (TPSA) is 68.2 Å². The van der Waals surface area contributed by atoms with E-state index in [2.05, 4.69) is 62.7 Å². The highest BCUT2D eigenvalue weighted by molar-refractivity contribution is 9.09. The summed E-state index contributed by atoms with van der Waals surface area (Å²) in [4.78, 5) is 0.361. The molecular weight excluding hydrogens is 520 g/mol. The normalized spacial score (nSPS) is 39.6. The number of allylic oxidation sites excluding steroid dienone is 2. The molecule has 0 amide bonds. The van der Waals surface area contributed by atoms with Gasteiger partial charge in [0.15, 0.2) is 0 Å². The molecule has 208 valence electrons. The zero-order chi connectivity index (χ0) is 26.9. The summed E-state index contributed by atoms with van der Waals surface area (Å²) in [6.07, 6.45) is 11.0. The van der Waals surface area contributed by atoms with Crippen molar-refractivity contribution in [3.8, 4) is 0 Å². The Morgan fingerprint density at radius 1 is 1.00 bits per heavy atom. The van der Waals surface area contributed by atoms with Crippen LogP contribution in [0.3, 0.4) is 0 Å². The molecule has 36 heavy (non-hydrogen) atoms. The van der Waals surface area contributed by atoms with E-state index in [0.29, 0.717) is 17.7 Å². The van der Waals surface area contributed by atoms with Gasteiger partial charge in [-0.25, -0.2) is 0 Å². The van der Waals surface area contributed by atoms with Crippen molar-refractivity contribution in [1.29, 1.82) is 0 Å². The number of fused-ring (bicyclic) bond motifs is 1. The van der Waals surface area contributed by atoms with Gasteiger partial charge in [-0.15, -0.1) is 0 Å². The molecule has 0 aliphatic carbocycles. The zero-order valence-electron chi connectivity index (χ0n) is 23.9. The van der Waals surface area contributed by atoms with Gasteiger partial charge in [-0.2, -0.15) is 0 Å². The SMILES string of the molecule is CC(C)=CCC[C@@](C)(O)[C@@H](O)C/C=C(\C)[C@H]1CC[C@H]2O[C@@H]([C@]3(C)CC[C@@H](Br)C(C)(C)O3)CC[C@]2(C)O1. The summed E-state index contributed by atoms with van der Waals surface area (Å²) in [6.45, 7) is 16.7. The molecule has 0 aromatic rings. The number of halogens is 1. The van der Waals surface area contributed by atoms with E-state index in [1.54, 1.807) is 6.92 Å². The molecule has 0 radical (unpaired) electrons. The average molecular weight is 572 g/mol. The molecule has 0 aromatic heterocycles. The van der Waals surface area contributed by atoms with Gasteiger partial charge in [0.25, 0.3) is 0 Å². The van der Waals surface area contributed by atoms with E-state index >= 15 is 0 Å². The predicted molar refractivity (Wildman–Crippen MR) is 150 cm³/mol. The van der Waals surface area contributed by atoms with Crippen molar-refractivity contribution >= 4 is 15.9 Å². The predicted octanol–water partition coefficient (Wildman–Crippen LogP) is 6.78.